The number of ether oxygens (including phenoxy) is 2. The van der Waals surface area contributed by atoms with E-state index in [-0.39, 0.29) is 5.75 Å². The van der Waals surface area contributed by atoms with Gasteiger partial charge in [-0.25, -0.2) is 0 Å². The van der Waals surface area contributed by atoms with E-state index in [1.165, 1.54) is 17.5 Å². The van der Waals surface area contributed by atoms with Crippen LogP contribution in [0.3, 0.4) is 0 Å². The van der Waals surface area contributed by atoms with E-state index in [1.807, 2.05) is 24.3 Å². The van der Waals surface area contributed by atoms with Crippen molar-refractivity contribution in [1.82, 2.24) is 5.32 Å². The van der Waals surface area contributed by atoms with Crippen LogP contribution in [-0.2, 0) is 19.3 Å². The summed E-state index contributed by atoms with van der Waals surface area (Å²) in [6.45, 7) is 6.85. The Labute approximate surface area is 209 Å². The van der Waals surface area contributed by atoms with Gasteiger partial charge in [-0.1, -0.05) is 32.0 Å². The third kappa shape index (κ3) is 5.91. The van der Waals surface area contributed by atoms with Crippen LogP contribution < -0.4 is 20.5 Å². The average Bonchev–Trinajstić information content (AvgIpc) is 2.86. The average molecular weight is 475 g/mol. The van der Waals surface area contributed by atoms with E-state index in [1.54, 1.807) is 13.2 Å². The van der Waals surface area contributed by atoms with Gasteiger partial charge in [0.25, 0.3) is 0 Å². The van der Waals surface area contributed by atoms with Gasteiger partial charge in [-0.15, -0.1) is 0 Å². The second-order valence-electron chi connectivity index (χ2n) is 9.78. The fraction of sp³-hybridized carbons (Fsp3) is 0.400. The molecular weight excluding hydrogens is 436 g/mol. The molecule has 0 heterocycles. The van der Waals surface area contributed by atoms with Gasteiger partial charge in [-0.3, -0.25) is 0 Å². The molecule has 3 aromatic carbocycles. The molecule has 186 valence electrons. The first kappa shape index (κ1) is 24.9. The number of methoxy groups -OCH3 is 1. The third-order valence-electron chi connectivity index (χ3n) is 6.72. The minimum Gasteiger partial charge on any atom is -0.507 e. The molecule has 5 heteroatoms. The van der Waals surface area contributed by atoms with Crippen molar-refractivity contribution < 1.29 is 14.6 Å². The van der Waals surface area contributed by atoms with Gasteiger partial charge in [0.15, 0.2) is 0 Å². The largest absolute Gasteiger partial charge is 0.507 e. The molecule has 5 nitrogen and oxygen atoms in total. The molecule has 4 N–H and O–H groups in total. The zero-order valence-electron chi connectivity index (χ0n) is 21.2. The number of fused-ring (bicyclic) bond motifs is 1. The molecule has 0 aromatic heterocycles. The number of aromatic hydroxyl groups is 1. The van der Waals surface area contributed by atoms with Gasteiger partial charge >= 0.3 is 0 Å². The summed E-state index contributed by atoms with van der Waals surface area (Å²) in [4.78, 5) is 0. The summed E-state index contributed by atoms with van der Waals surface area (Å²) in [6.07, 6.45) is 4.97. The molecule has 0 unspecified atom stereocenters. The maximum Gasteiger partial charge on any atom is 0.124 e. The monoisotopic (exact) mass is 474 g/mol. The number of aryl methyl sites for hydroxylation is 1. The summed E-state index contributed by atoms with van der Waals surface area (Å²) in [5.74, 6) is 2.54. The van der Waals surface area contributed by atoms with Crippen molar-refractivity contribution in [3.05, 3.63) is 70.8 Å². The summed E-state index contributed by atoms with van der Waals surface area (Å²) in [5.41, 5.74) is 13.8. The summed E-state index contributed by atoms with van der Waals surface area (Å²) in [7, 11) is 1.67. The number of phenols is 1. The van der Waals surface area contributed by atoms with Gasteiger partial charge in [0.2, 0.25) is 0 Å². The van der Waals surface area contributed by atoms with Crippen LogP contribution in [0.5, 0.6) is 17.2 Å². The normalized spacial score (nSPS) is 13.0. The van der Waals surface area contributed by atoms with Crippen LogP contribution in [0, 0.1) is 5.92 Å². The number of benzene rings is 3. The number of nitrogens with one attached hydrogen (secondary N) is 1. The van der Waals surface area contributed by atoms with Gasteiger partial charge in [-0.2, -0.15) is 0 Å². The Bertz CT molecular complexity index is 1140. The van der Waals surface area contributed by atoms with E-state index in [4.69, 9.17) is 15.2 Å². The Balaban J connectivity index is 1.55. The maximum absolute atomic E-state index is 10.8. The van der Waals surface area contributed by atoms with Gasteiger partial charge in [-0.05, 0) is 85.2 Å². The lowest BCUT2D eigenvalue weighted by atomic mass is 9.84. The topological polar surface area (TPSA) is 76.7 Å². The van der Waals surface area contributed by atoms with E-state index < -0.39 is 0 Å². The number of nitrogens with two attached hydrogens (primary N) is 1. The Kier molecular flexibility index (Phi) is 8.19. The first-order valence-corrected chi connectivity index (χ1v) is 12.7. The molecule has 35 heavy (non-hydrogen) atoms. The standard InChI is InChI=1S/C30H38N2O3/c1-20(2)19-32-16-17-35-23-11-8-21(9-12-23)18-26-28(34-3)15-13-25(30(26)31)29-24-7-5-4-6-22(24)10-14-27(29)33/h8-15,20,32-33H,4-7,16-19,31H2,1-3H3. The molecule has 0 aliphatic heterocycles. The minimum atomic E-state index is 0.290. The second-order valence-corrected chi connectivity index (χ2v) is 9.78. The summed E-state index contributed by atoms with van der Waals surface area (Å²) < 4.78 is 11.5. The maximum atomic E-state index is 10.8. The van der Waals surface area contributed by atoms with Crippen molar-refractivity contribution in [2.75, 3.05) is 32.5 Å². The van der Waals surface area contributed by atoms with Crippen molar-refractivity contribution in [3.8, 4) is 28.4 Å². The number of hydrogen-bond donors (Lipinski definition) is 3. The molecule has 3 aromatic rings. The van der Waals surface area contributed by atoms with Crippen LogP contribution in [0.4, 0.5) is 5.69 Å². The lowest BCUT2D eigenvalue weighted by Gasteiger charge is -2.23. The van der Waals surface area contributed by atoms with E-state index in [2.05, 4.69) is 37.4 Å². The van der Waals surface area contributed by atoms with Gasteiger partial charge in [0.1, 0.15) is 23.9 Å². The van der Waals surface area contributed by atoms with Crippen LogP contribution in [0.2, 0.25) is 0 Å². The van der Waals surface area contributed by atoms with Crippen LogP contribution in [0.1, 0.15) is 48.9 Å². The molecule has 0 atom stereocenters. The van der Waals surface area contributed by atoms with Crippen LogP contribution in [0.25, 0.3) is 11.1 Å². The molecule has 0 fully saturated rings. The summed E-state index contributed by atoms with van der Waals surface area (Å²) >= 11 is 0. The third-order valence-corrected chi connectivity index (χ3v) is 6.72. The SMILES string of the molecule is COc1ccc(-c2c(O)ccc3c2CCCC3)c(N)c1Cc1ccc(OCCNCC(C)C)cc1. The molecule has 0 saturated carbocycles. The lowest BCUT2D eigenvalue weighted by Crippen LogP contribution is -2.24. The lowest BCUT2D eigenvalue weighted by molar-refractivity contribution is 0.311. The highest BCUT2D eigenvalue weighted by molar-refractivity contribution is 5.86. The van der Waals surface area contributed by atoms with Crippen molar-refractivity contribution in [2.24, 2.45) is 5.92 Å². The molecule has 1 aliphatic rings. The predicted octanol–water partition coefficient (Wildman–Crippen LogP) is 5.74. The molecule has 0 bridgehead atoms. The predicted molar refractivity (Wildman–Crippen MR) is 144 cm³/mol. The highest BCUT2D eigenvalue weighted by atomic mass is 16.5. The van der Waals surface area contributed by atoms with Crippen molar-refractivity contribution in [2.45, 2.75) is 46.0 Å². The van der Waals surface area contributed by atoms with Crippen molar-refractivity contribution in [1.29, 1.82) is 0 Å². The molecule has 0 amide bonds. The van der Waals surface area contributed by atoms with E-state index in [9.17, 15) is 5.11 Å². The van der Waals surface area contributed by atoms with Gasteiger partial charge in [0, 0.05) is 35.3 Å². The van der Waals surface area contributed by atoms with E-state index in [0.717, 1.165) is 66.1 Å². The number of phenolic OH excluding ortho intramolecular Hbond substituents is 1. The molecular formula is C30H38N2O3. The molecule has 0 radical (unpaired) electrons. The zero-order chi connectivity index (χ0) is 24.8. The molecule has 1 aliphatic carbocycles. The van der Waals surface area contributed by atoms with E-state index in [0.29, 0.717) is 24.6 Å². The fourth-order valence-electron chi connectivity index (χ4n) is 4.89. The first-order valence-electron chi connectivity index (χ1n) is 12.7. The van der Waals surface area contributed by atoms with Crippen LogP contribution in [-0.4, -0.2) is 31.9 Å². The molecule has 0 spiro atoms. The highest BCUT2D eigenvalue weighted by Gasteiger charge is 2.22. The first-order chi connectivity index (χ1) is 17.0. The quantitative estimate of drug-likeness (QED) is 0.258. The minimum absolute atomic E-state index is 0.290. The van der Waals surface area contributed by atoms with Crippen LogP contribution >= 0.6 is 0 Å². The summed E-state index contributed by atoms with van der Waals surface area (Å²) in [5, 5.41) is 14.2. The highest BCUT2D eigenvalue weighted by Crippen LogP contribution is 2.43. The number of hydrogen-bond acceptors (Lipinski definition) is 5. The van der Waals surface area contributed by atoms with Crippen molar-refractivity contribution >= 4 is 5.69 Å². The Morgan fingerprint density at radius 2 is 1.77 bits per heavy atom. The Morgan fingerprint density at radius 3 is 2.51 bits per heavy atom. The smallest absolute Gasteiger partial charge is 0.124 e. The van der Waals surface area contributed by atoms with Crippen molar-refractivity contribution in [3.63, 3.8) is 0 Å². The second kappa shape index (κ2) is 11.5. The van der Waals surface area contributed by atoms with Crippen LogP contribution in [0.15, 0.2) is 48.5 Å². The summed E-state index contributed by atoms with van der Waals surface area (Å²) in [6, 6.07) is 16.0. The number of anilines is 1. The Hall–Kier alpha value is -3.18. The number of rotatable bonds is 10. The fourth-order valence-corrected chi connectivity index (χ4v) is 4.89. The van der Waals surface area contributed by atoms with Gasteiger partial charge in [0.05, 0.1) is 7.11 Å². The zero-order valence-corrected chi connectivity index (χ0v) is 21.2. The number of nitrogen functional groups attached to an aromatic ring is 1. The Morgan fingerprint density at radius 1 is 1.00 bits per heavy atom. The van der Waals surface area contributed by atoms with Gasteiger partial charge < -0.3 is 25.6 Å². The van der Waals surface area contributed by atoms with E-state index >= 15 is 0 Å². The molecule has 4 rings (SSSR count). The molecule has 0 saturated heterocycles.